The molecule has 3 aromatic rings. The maximum Gasteiger partial charge on any atom is 0.208 e. The molecule has 0 bridgehead atoms. The molecule has 1 aromatic heterocycles. The molecule has 0 fully saturated rings. The molecule has 2 aromatic carbocycles. The number of fused-ring (bicyclic) bond motifs is 1. The van der Waals surface area contributed by atoms with E-state index in [0.717, 1.165) is 22.7 Å². The number of imidazole rings is 1. The van der Waals surface area contributed by atoms with Gasteiger partial charge in [-0.15, -0.1) is 0 Å². The summed E-state index contributed by atoms with van der Waals surface area (Å²) in [5, 5.41) is 3.82. The fourth-order valence-electron chi connectivity index (χ4n) is 2.02. The van der Waals surface area contributed by atoms with Crippen molar-refractivity contribution in [2.75, 3.05) is 11.1 Å². The van der Waals surface area contributed by atoms with Crippen molar-refractivity contribution in [3.63, 3.8) is 0 Å². The van der Waals surface area contributed by atoms with Crippen LogP contribution in [0.3, 0.4) is 0 Å². The van der Waals surface area contributed by atoms with Crippen LogP contribution >= 0.6 is 11.6 Å². The third-order valence-corrected chi connectivity index (χ3v) is 3.35. The Hall–Kier alpha value is -2.20. The Bertz CT molecular complexity index is 748. The molecule has 3 rings (SSSR count). The van der Waals surface area contributed by atoms with Crippen LogP contribution in [-0.4, -0.2) is 9.55 Å². The van der Waals surface area contributed by atoms with Crippen molar-refractivity contribution in [2.45, 2.75) is 0 Å². The topological polar surface area (TPSA) is 55.9 Å². The van der Waals surface area contributed by atoms with Gasteiger partial charge in [0.2, 0.25) is 5.95 Å². The van der Waals surface area contributed by atoms with Crippen LogP contribution in [0.2, 0.25) is 5.02 Å². The van der Waals surface area contributed by atoms with Gasteiger partial charge in [-0.2, -0.15) is 0 Å². The van der Waals surface area contributed by atoms with Crippen LogP contribution in [0.5, 0.6) is 0 Å². The first-order chi connectivity index (χ1) is 9.15. The lowest BCUT2D eigenvalue weighted by Gasteiger charge is -2.08. The largest absolute Gasteiger partial charge is 0.399 e. The molecule has 0 aliphatic carbocycles. The number of nitrogens with two attached hydrogens (primary N) is 1. The number of rotatable bonds is 2. The Morgan fingerprint density at radius 2 is 2.00 bits per heavy atom. The SMILES string of the molecule is Cn1c(Nc2cc(N)ccc2Cl)nc2ccccc21. The Labute approximate surface area is 115 Å². The third kappa shape index (κ3) is 2.11. The highest BCUT2D eigenvalue weighted by molar-refractivity contribution is 6.33. The van der Waals surface area contributed by atoms with Gasteiger partial charge in [-0.25, -0.2) is 4.98 Å². The summed E-state index contributed by atoms with van der Waals surface area (Å²) >= 11 is 6.14. The molecular formula is C14H13ClN4. The summed E-state index contributed by atoms with van der Waals surface area (Å²) in [5.41, 5.74) is 9.17. The molecule has 3 N–H and O–H groups in total. The summed E-state index contributed by atoms with van der Waals surface area (Å²) in [5.74, 6) is 0.730. The van der Waals surface area contributed by atoms with Crippen LogP contribution in [0.4, 0.5) is 17.3 Å². The van der Waals surface area contributed by atoms with E-state index in [9.17, 15) is 0 Å². The molecule has 0 amide bonds. The molecule has 0 unspecified atom stereocenters. The summed E-state index contributed by atoms with van der Waals surface area (Å²) in [6.45, 7) is 0. The maximum absolute atomic E-state index is 6.14. The first kappa shape index (κ1) is 11.9. The van der Waals surface area contributed by atoms with E-state index in [-0.39, 0.29) is 0 Å². The van der Waals surface area contributed by atoms with Gasteiger partial charge in [0.15, 0.2) is 0 Å². The van der Waals surface area contributed by atoms with Crippen LogP contribution in [0.25, 0.3) is 11.0 Å². The van der Waals surface area contributed by atoms with Gasteiger partial charge in [-0.3, -0.25) is 0 Å². The van der Waals surface area contributed by atoms with Crippen LogP contribution < -0.4 is 11.1 Å². The second-order valence-electron chi connectivity index (χ2n) is 4.35. The number of halogens is 1. The standard InChI is InChI=1S/C14H13ClN4/c1-19-13-5-3-2-4-11(13)17-14(19)18-12-8-9(16)6-7-10(12)15/h2-8H,16H2,1H3,(H,17,18). The van der Waals surface area contributed by atoms with E-state index in [4.69, 9.17) is 17.3 Å². The van der Waals surface area contributed by atoms with E-state index >= 15 is 0 Å². The summed E-state index contributed by atoms with van der Waals surface area (Å²) in [6.07, 6.45) is 0. The lowest BCUT2D eigenvalue weighted by atomic mass is 10.3. The number of aromatic nitrogens is 2. The third-order valence-electron chi connectivity index (χ3n) is 3.02. The molecule has 0 saturated carbocycles. The monoisotopic (exact) mass is 272 g/mol. The predicted molar refractivity (Wildman–Crippen MR) is 79.9 cm³/mol. The fraction of sp³-hybridized carbons (Fsp3) is 0.0714. The van der Waals surface area contributed by atoms with Gasteiger partial charge in [0.05, 0.1) is 21.7 Å². The first-order valence-electron chi connectivity index (χ1n) is 5.88. The molecule has 0 radical (unpaired) electrons. The highest BCUT2D eigenvalue weighted by Gasteiger charge is 2.09. The average molecular weight is 273 g/mol. The Morgan fingerprint density at radius 1 is 1.21 bits per heavy atom. The highest BCUT2D eigenvalue weighted by atomic mass is 35.5. The van der Waals surface area contributed by atoms with Crippen molar-refractivity contribution in [2.24, 2.45) is 7.05 Å². The van der Waals surface area contributed by atoms with Crippen molar-refractivity contribution in [1.82, 2.24) is 9.55 Å². The normalized spacial score (nSPS) is 10.8. The Kier molecular flexibility index (Phi) is 2.80. The zero-order valence-corrected chi connectivity index (χ0v) is 11.1. The van der Waals surface area contributed by atoms with E-state index in [1.54, 1.807) is 18.2 Å². The van der Waals surface area contributed by atoms with Crippen molar-refractivity contribution in [3.05, 3.63) is 47.5 Å². The van der Waals surface area contributed by atoms with Gasteiger partial charge in [0.1, 0.15) is 0 Å². The zero-order chi connectivity index (χ0) is 13.4. The number of anilines is 3. The molecule has 5 heteroatoms. The average Bonchev–Trinajstić information content (AvgIpc) is 2.72. The molecule has 4 nitrogen and oxygen atoms in total. The predicted octanol–water partition coefficient (Wildman–Crippen LogP) is 3.55. The summed E-state index contributed by atoms with van der Waals surface area (Å²) in [7, 11) is 1.96. The lowest BCUT2D eigenvalue weighted by molar-refractivity contribution is 0.958. The maximum atomic E-state index is 6.14. The molecule has 0 aliphatic rings. The van der Waals surface area contributed by atoms with Gasteiger partial charge >= 0.3 is 0 Å². The van der Waals surface area contributed by atoms with E-state index in [1.807, 2.05) is 35.9 Å². The Morgan fingerprint density at radius 3 is 2.79 bits per heavy atom. The molecule has 0 atom stereocenters. The smallest absolute Gasteiger partial charge is 0.208 e. The van der Waals surface area contributed by atoms with E-state index in [2.05, 4.69) is 10.3 Å². The number of nitrogen functional groups attached to an aromatic ring is 1. The van der Waals surface area contributed by atoms with Crippen molar-refractivity contribution in [3.8, 4) is 0 Å². The Balaban J connectivity index is 2.06. The second-order valence-corrected chi connectivity index (χ2v) is 4.75. The minimum Gasteiger partial charge on any atom is -0.399 e. The molecule has 0 spiro atoms. The second kappa shape index (κ2) is 4.48. The van der Waals surface area contributed by atoms with Crippen LogP contribution in [0.15, 0.2) is 42.5 Å². The molecule has 19 heavy (non-hydrogen) atoms. The number of benzene rings is 2. The molecule has 1 heterocycles. The number of hydrogen-bond acceptors (Lipinski definition) is 3. The minimum absolute atomic E-state index is 0.612. The van der Waals surface area contributed by atoms with E-state index in [1.165, 1.54) is 0 Å². The molecule has 0 aliphatic heterocycles. The molecule has 96 valence electrons. The van der Waals surface area contributed by atoms with Gasteiger partial charge in [-0.1, -0.05) is 23.7 Å². The van der Waals surface area contributed by atoms with E-state index < -0.39 is 0 Å². The summed E-state index contributed by atoms with van der Waals surface area (Å²) in [4.78, 5) is 4.53. The number of hydrogen-bond donors (Lipinski definition) is 2. The highest BCUT2D eigenvalue weighted by Crippen LogP contribution is 2.28. The lowest BCUT2D eigenvalue weighted by Crippen LogP contribution is -2.00. The number of aryl methyl sites for hydroxylation is 1. The van der Waals surface area contributed by atoms with Crippen LogP contribution in [-0.2, 0) is 7.05 Å². The first-order valence-corrected chi connectivity index (χ1v) is 6.26. The summed E-state index contributed by atoms with van der Waals surface area (Å²) in [6, 6.07) is 13.3. The van der Waals surface area contributed by atoms with Gasteiger partial charge in [-0.05, 0) is 30.3 Å². The fourth-order valence-corrected chi connectivity index (χ4v) is 2.18. The minimum atomic E-state index is 0.612. The number of nitrogens with zero attached hydrogens (tertiary/aromatic N) is 2. The van der Waals surface area contributed by atoms with Gasteiger partial charge in [0.25, 0.3) is 0 Å². The number of para-hydroxylation sites is 2. The van der Waals surface area contributed by atoms with Gasteiger partial charge in [0, 0.05) is 12.7 Å². The van der Waals surface area contributed by atoms with Gasteiger partial charge < -0.3 is 15.6 Å². The quantitative estimate of drug-likeness (QED) is 0.702. The van der Waals surface area contributed by atoms with Crippen molar-refractivity contribution < 1.29 is 0 Å². The zero-order valence-electron chi connectivity index (χ0n) is 10.4. The van der Waals surface area contributed by atoms with Crippen LogP contribution in [0, 0.1) is 0 Å². The molecular weight excluding hydrogens is 260 g/mol. The van der Waals surface area contributed by atoms with Crippen molar-refractivity contribution >= 4 is 40.0 Å². The van der Waals surface area contributed by atoms with Crippen LogP contribution in [0.1, 0.15) is 0 Å². The van der Waals surface area contributed by atoms with Crippen molar-refractivity contribution in [1.29, 1.82) is 0 Å². The van der Waals surface area contributed by atoms with E-state index in [0.29, 0.717) is 10.7 Å². The number of nitrogens with one attached hydrogen (secondary N) is 1. The molecule has 0 saturated heterocycles. The summed E-state index contributed by atoms with van der Waals surface area (Å²) < 4.78 is 1.98.